The van der Waals surface area contributed by atoms with E-state index < -0.39 is 0 Å². The first-order valence-corrected chi connectivity index (χ1v) is 6.17. The molecule has 0 aromatic rings. The van der Waals surface area contributed by atoms with Crippen LogP contribution in [0.3, 0.4) is 0 Å². The fourth-order valence-electron chi connectivity index (χ4n) is 2.27. The van der Waals surface area contributed by atoms with Gasteiger partial charge in [0.15, 0.2) is 0 Å². The Kier molecular flexibility index (Phi) is 5.24. The molecule has 82 valence electrons. The number of hydrogen-bond acceptors (Lipinski definition) is 1. The van der Waals surface area contributed by atoms with Crippen LogP contribution < -0.4 is 0 Å². The minimum Gasteiger partial charge on any atom is -0.300 e. The Hall–Kier alpha value is -0.300. The van der Waals surface area contributed by atoms with Crippen molar-refractivity contribution in [1.82, 2.24) is 4.90 Å². The van der Waals surface area contributed by atoms with Crippen LogP contribution in [0, 0.1) is 0 Å². The molecule has 0 atom stereocenters. The molecule has 0 fully saturated rings. The van der Waals surface area contributed by atoms with Crippen LogP contribution in [-0.4, -0.2) is 24.5 Å². The van der Waals surface area contributed by atoms with Crippen molar-refractivity contribution in [2.45, 2.75) is 52.9 Å². The van der Waals surface area contributed by atoms with E-state index in [9.17, 15) is 0 Å². The molecule has 0 saturated heterocycles. The molecule has 0 amide bonds. The number of likely N-dealkylation sites (N-methyl/N-ethyl adjacent to an activating group) is 1. The van der Waals surface area contributed by atoms with Crippen LogP contribution in [0.4, 0.5) is 0 Å². The molecule has 1 heteroatoms. The van der Waals surface area contributed by atoms with Crippen molar-refractivity contribution in [2.75, 3.05) is 19.6 Å². The van der Waals surface area contributed by atoms with Gasteiger partial charge in [-0.3, -0.25) is 4.90 Å². The summed E-state index contributed by atoms with van der Waals surface area (Å²) in [5.74, 6) is 0. The average Bonchev–Trinajstić information content (AvgIpc) is 2.20. The zero-order chi connectivity index (χ0) is 10.4. The van der Waals surface area contributed by atoms with Crippen LogP contribution in [-0.2, 0) is 0 Å². The van der Waals surface area contributed by atoms with Crippen molar-refractivity contribution in [2.24, 2.45) is 0 Å². The van der Waals surface area contributed by atoms with Gasteiger partial charge in [-0.2, -0.15) is 0 Å². The third-order valence-electron chi connectivity index (χ3n) is 3.29. The Morgan fingerprint density at radius 3 is 2.43 bits per heavy atom. The first kappa shape index (κ1) is 11.8. The Labute approximate surface area is 89.2 Å². The van der Waals surface area contributed by atoms with E-state index in [4.69, 9.17) is 0 Å². The van der Waals surface area contributed by atoms with Gasteiger partial charge >= 0.3 is 0 Å². The minimum absolute atomic E-state index is 1.20. The normalized spacial score (nSPS) is 18.0. The molecule has 0 aromatic heterocycles. The zero-order valence-corrected chi connectivity index (χ0v) is 10.1. The summed E-state index contributed by atoms with van der Waals surface area (Å²) in [6.07, 6.45) is 6.80. The summed E-state index contributed by atoms with van der Waals surface area (Å²) in [7, 11) is 0. The maximum absolute atomic E-state index is 2.57. The van der Waals surface area contributed by atoms with E-state index in [0.717, 1.165) is 0 Å². The van der Waals surface area contributed by atoms with E-state index in [-0.39, 0.29) is 0 Å². The van der Waals surface area contributed by atoms with Crippen LogP contribution in [0.25, 0.3) is 0 Å². The summed E-state index contributed by atoms with van der Waals surface area (Å²) >= 11 is 0. The smallest absolute Gasteiger partial charge is 0.0195 e. The van der Waals surface area contributed by atoms with Crippen molar-refractivity contribution in [3.8, 4) is 0 Å². The second-order valence-electron chi connectivity index (χ2n) is 4.46. The number of rotatable bonds is 5. The van der Waals surface area contributed by atoms with Gasteiger partial charge in [-0.15, -0.1) is 0 Å². The van der Waals surface area contributed by atoms with Crippen molar-refractivity contribution < 1.29 is 0 Å². The molecule has 1 aliphatic carbocycles. The third kappa shape index (κ3) is 3.45. The molecule has 14 heavy (non-hydrogen) atoms. The van der Waals surface area contributed by atoms with E-state index >= 15 is 0 Å². The Morgan fingerprint density at radius 1 is 1.14 bits per heavy atom. The van der Waals surface area contributed by atoms with Crippen molar-refractivity contribution in [3.05, 3.63) is 11.1 Å². The highest BCUT2D eigenvalue weighted by atomic mass is 15.1. The minimum atomic E-state index is 1.20. The van der Waals surface area contributed by atoms with E-state index in [2.05, 4.69) is 25.7 Å². The number of hydrogen-bond donors (Lipinski definition) is 0. The SMILES string of the molecule is CCCN(CC)CC1=C(C)CCCC1. The largest absolute Gasteiger partial charge is 0.300 e. The van der Waals surface area contributed by atoms with Crippen molar-refractivity contribution in [3.63, 3.8) is 0 Å². The summed E-state index contributed by atoms with van der Waals surface area (Å²) < 4.78 is 0. The van der Waals surface area contributed by atoms with Crippen molar-refractivity contribution >= 4 is 0 Å². The lowest BCUT2D eigenvalue weighted by atomic mass is 9.92. The fraction of sp³-hybridized carbons (Fsp3) is 0.846. The van der Waals surface area contributed by atoms with E-state index in [1.165, 1.54) is 51.7 Å². The van der Waals surface area contributed by atoms with Gasteiger partial charge in [0.1, 0.15) is 0 Å². The van der Waals surface area contributed by atoms with E-state index in [0.29, 0.717) is 0 Å². The Balaban J connectivity index is 2.47. The average molecular weight is 195 g/mol. The molecule has 0 aromatic carbocycles. The summed E-state index contributed by atoms with van der Waals surface area (Å²) in [5, 5.41) is 0. The van der Waals surface area contributed by atoms with Gasteiger partial charge < -0.3 is 0 Å². The van der Waals surface area contributed by atoms with E-state index in [1.807, 2.05) is 0 Å². The monoisotopic (exact) mass is 195 g/mol. The van der Waals surface area contributed by atoms with Gasteiger partial charge in [-0.25, -0.2) is 0 Å². The number of nitrogens with zero attached hydrogens (tertiary/aromatic N) is 1. The molecule has 1 aliphatic rings. The highest BCUT2D eigenvalue weighted by Crippen LogP contribution is 2.24. The van der Waals surface area contributed by atoms with Gasteiger partial charge in [0, 0.05) is 6.54 Å². The van der Waals surface area contributed by atoms with Gasteiger partial charge in [-0.1, -0.05) is 25.0 Å². The lowest BCUT2D eigenvalue weighted by molar-refractivity contribution is 0.306. The molecular weight excluding hydrogens is 170 g/mol. The predicted molar refractivity (Wildman–Crippen MR) is 63.6 cm³/mol. The summed E-state index contributed by atoms with van der Waals surface area (Å²) in [4.78, 5) is 2.57. The van der Waals surface area contributed by atoms with Crippen LogP contribution in [0.1, 0.15) is 52.9 Å². The molecule has 0 N–H and O–H groups in total. The zero-order valence-electron chi connectivity index (χ0n) is 10.1. The molecule has 1 rings (SSSR count). The molecule has 0 bridgehead atoms. The molecule has 0 unspecified atom stereocenters. The summed E-state index contributed by atoms with van der Waals surface area (Å²) in [6.45, 7) is 10.6. The first-order valence-electron chi connectivity index (χ1n) is 6.17. The van der Waals surface area contributed by atoms with Gasteiger partial charge in [0.2, 0.25) is 0 Å². The Bertz CT molecular complexity index is 193. The lowest BCUT2D eigenvalue weighted by Crippen LogP contribution is -2.27. The molecule has 0 heterocycles. The van der Waals surface area contributed by atoms with Gasteiger partial charge in [-0.05, 0) is 52.1 Å². The Morgan fingerprint density at radius 2 is 1.86 bits per heavy atom. The summed E-state index contributed by atoms with van der Waals surface area (Å²) in [6, 6.07) is 0. The van der Waals surface area contributed by atoms with Crippen LogP contribution >= 0.6 is 0 Å². The molecular formula is C13H25N. The standard InChI is InChI=1S/C13H25N/c1-4-10-14(5-2)11-13-9-7-6-8-12(13)3/h4-11H2,1-3H3. The molecule has 0 radical (unpaired) electrons. The van der Waals surface area contributed by atoms with Crippen LogP contribution in [0.2, 0.25) is 0 Å². The molecule has 0 spiro atoms. The third-order valence-corrected chi connectivity index (χ3v) is 3.29. The maximum atomic E-state index is 2.57. The topological polar surface area (TPSA) is 3.24 Å². The van der Waals surface area contributed by atoms with Crippen LogP contribution in [0.15, 0.2) is 11.1 Å². The van der Waals surface area contributed by atoms with Crippen LogP contribution in [0.5, 0.6) is 0 Å². The maximum Gasteiger partial charge on any atom is 0.0195 e. The van der Waals surface area contributed by atoms with E-state index in [1.54, 1.807) is 11.1 Å². The first-order chi connectivity index (χ1) is 6.77. The van der Waals surface area contributed by atoms with Crippen molar-refractivity contribution in [1.29, 1.82) is 0 Å². The lowest BCUT2D eigenvalue weighted by Gasteiger charge is -2.25. The quantitative estimate of drug-likeness (QED) is 0.606. The second kappa shape index (κ2) is 6.23. The van der Waals surface area contributed by atoms with Gasteiger partial charge in [0.25, 0.3) is 0 Å². The number of allylic oxidation sites excluding steroid dienone is 1. The molecule has 0 saturated carbocycles. The fourth-order valence-corrected chi connectivity index (χ4v) is 2.27. The van der Waals surface area contributed by atoms with Gasteiger partial charge in [0.05, 0.1) is 0 Å². The highest BCUT2D eigenvalue weighted by Gasteiger charge is 2.11. The molecule has 1 nitrogen and oxygen atoms in total. The second-order valence-corrected chi connectivity index (χ2v) is 4.46. The predicted octanol–water partition coefficient (Wildman–Crippen LogP) is 3.61. The summed E-state index contributed by atoms with van der Waals surface area (Å²) in [5.41, 5.74) is 3.40. The highest BCUT2D eigenvalue weighted by molar-refractivity contribution is 5.16. The molecule has 0 aliphatic heterocycles.